The maximum atomic E-state index is 11.8. The minimum atomic E-state index is -0.365. The van der Waals surface area contributed by atoms with Gasteiger partial charge in [0.05, 0.1) is 6.42 Å². The first-order chi connectivity index (χ1) is 12.0. The Labute approximate surface area is 153 Å². The number of ether oxygens (including phenoxy) is 1. The molecule has 0 atom stereocenters. The second-order valence-electron chi connectivity index (χ2n) is 5.87. The molecule has 132 valence electrons. The van der Waals surface area contributed by atoms with E-state index in [-0.39, 0.29) is 24.9 Å². The summed E-state index contributed by atoms with van der Waals surface area (Å²) in [6, 6.07) is 13.7. The lowest BCUT2D eigenvalue weighted by Crippen LogP contribution is -2.21. The molecule has 0 saturated carbocycles. The summed E-state index contributed by atoms with van der Waals surface area (Å²) in [6.07, 6.45) is 0.273. The van der Waals surface area contributed by atoms with E-state index in [9.17, 15) is 9.59 Å². The van der Waals surface area contributed by atoms with Gasteiger partial charge in [-0.05, 0) is 55.7 Å². The van der Waals surface area contributed by atoms with Crippen molar-refractivity contribution in [2.75, 3.05) is 17.7 Å². The van der Waals surface area contributed by atoms with E-state index in [1.807, 2.05) is 37.3 Å². The van der Waals surface area contributed by atoms with E-state index in [1.54, 1.807) is 11.8 Å². The van der Waals surface area contributed by atoms with E-state index in [4.69, 9.17) is 4.74 Å². The summed E-state index contributed by atoms with van der Waals surface area (Å²) < 4.78 is 5.03. The third-order valence-corrected chi connectivity index (χ3v) is 4.83. The Kier molecular flexibility index (Phi) is 7.07. The molecule has 0 radical (unpaired) electrons. The third kappa shape index (κ3) is 6.27. The van der Waals surface area contributed by atoms with Gasteiger partial charge in [-0.15, -0.1) is 11.8 Å². The lowest BCUT2D eigenvalue weighted by molar-refractivity contribution is -0.146. The van der Waals surface area contributed by atoms with Gasteiger partial charge >= 0.3 is 5.97 Å². The van der Waals surface area contributed by atoms with Crippen LogP contribution in [0.2, 0.25) is 0 Å². The Morgan fingerprint density at radius 1 is 1.00 bits per heavy atom. The average Bonchev–Trinajstić information content (AvgIpc) is 2.58. The summed E-state index contributed by atoms with van der Waals surface area (Å²) in [5.74, 6) is -0.0680. The van der Waals surface area contributed by atoms with Crippen LogP contribution in [0, 0.1) is 20.8 Å². The largest absolute Gasteiger partial charge is 0.456 e. The molecule has 0 heterocycles. The summed E-state index contributed by atoms with van der Waals surface area (Å²) in [5, 5.41) is 2.74. The number of hydrogen-bond acceptors (Lipinski definition) is 4. The molecule has 0 aliphatic heterocycles. The molecular weight excluding hydrogens is 334 g/mol. The average molecular weight is 357 g/mol. The number of carbonyl (C=O) groups excluding carboxylic acids is 2. The van der Waals surface area contributed by atoms with Gasteiger partial charge in [-0.1, -0.05) is 24.3 Å². The fourth-order valence-corrected chi connectivity index (χ4v) is 3.10. The fraction of sp³-hybridized carbons (Fsp3) is 0.300. The first-order valence-electron chi connectivity index (χ1n) is 8.17. The van der Waals surface area contributed by atoms with Gasteiger partial charge in [-0.2, -0.15) is 0 Å². The molecule has 25 heavy (non-hydrogen) atoms. The Morgan fingerprint density at radius 2 is 1.76 bits per heavy atom. The van der Waals surface area contributed by atoms with Crippen LogP contribution in [0.4, 0.5) is 5.69 Å². The lowest BCUT2D eigenvalue weighted by Gasteiger charge is -2.09. The van der Waals surface area contributed by atoms with Crippen LogP contribution in [0.1, 0.15) is 23.1 Å². The zero-order chi connectivity index (χ0) is 18.2. The van der Waals surface area contributed by atoms with Gasteiger partial charge in [0, 0.05) is 16.3 Å². The second-order valence-corrected chi connectivity index (χ2v) is 7.04. The summed E-state index contributed by atoms with van der Waals surface area (Å²) in [4.78, 5) is 24.7. The van der Waals surface area contributed by atoms with E-state index in [0.717, 1.165) is 16.1 Å². The molecule has 0 aromatic heterocycles. The van der Waals surface area contributed by atoms with E-state index in [2.05, 4.69) is 31.3 Å². The molecule has 0 aliphatic carbocycles. The fourth-order valence-electron chi connectivity index (χ4n) is 2.17. The van der Waals surface area contributed by atoms with Crippen molar-refractivity contribution >= 4 is 29.3 Å². The number of hydrogen-bond donors (Lipinski definition) is 1. The molecule has 4 nitrogen and oxygen atoms in total. The summed E-state index contributed by atoms with van der Waals surface area (Å²) >= 11 is 1.61. The number of anilines is 1. The van der Waals surface area contributed by atoms with E-state index in [0.29, 0.717) is 5.75 Å². The smallest absolute Gasteiger partial charge is 0.307 e. The number of esters is 1. The topological polar surface area (TPSA) is 55.4 Å². The van der Waals surface area contributed by atoms with Gasteiger partial charge in [0.2, 0.25) is 0 Å². The SMILES string of the molecule is Cc1ccc(SCCC(=O)OCC(=O)Nc2ccccc2C)cc1C. The lowest BCUT2D eigenvalue weighted by atomic mass is 10.1. The number of amides is 1. The maximum Gasteiger partial charge on any atom is 0.307 e. The van der Waals surface area contributed by atoms with Crippen LogP contribution in [0.5, 0.6) is 0 Å². The van der Waals surface area contributed by atoms with Gasteiger partial charge in [0.25, 0.3) is 5.91 Å². The van der Waals surface area contributed by atoms with Crippen LogP contribution in [-0.2, 0) is 14.3 Å². The Bertz CT molecular complexity index is 758. The molecular formula is C20H23NO3S. The standard InChI is InChI=1S/C20H23NO3S/c1-14-8-9-17(12-16(14)3)25-11-10-20(23)24-13-19(22)21-18-7-5-4-6-15(18)2/h4-9,12H,10-11,13H2,1-3H3,(H,21,22). The molecule has 2 rings (SSSR count). The van der Waals surface area contributed by atoms with Crippen LogP contribution in [0.3, 0.4) is 0 Å². The highest BCUT2D eigenvalue weighted by Crippen LogP contribution is 2.21. The predicted octanol–water partition coefficient (Wildman–Crippen LogP) is 4.28. The molecule has 0 saturated heterocycles. The molecule has 0 bridgehead atoms. The van der Waals surface area contributed by atoms with Crippen molar-refractivity contribution < 1.29 is 14.3 Å². The molecule has 0 fully saturated rings. The van der Waals surface area contributed by atoms with Crippen LogP contribution in [0.25, 0.3) is 0 Å². The van der Waals surface area contributed by atoms with Crippen molar-refractivity contribution in [1.29, 1.82) is 0 Å². The number of thioether (sulfide) groups is 1. The zero-order valence-electron chi connectivity index (χ0n) is 14.8. The molecule has 1 amide bonds. The number of aryl methyl sites for hydroxylation is 3. The minimum Gasteiger partial charge on any atom is -0.456 e. The Morgan fingerprint density at radius 3 is 2.48 bits per heavy atom. The van der Waals surface area contributed by atoms with Crippen molar-refractivity contribution in [2.24, 2.45) is 0 Å². The van der Waals surface area contributed by atoms with Gasteiger partial charge in [0.15, 0.2) is 6.61 Å². The normalized spacial score (nSPS) is 10.4. The van der Waals surface area contributed by atoms with Crippen molar-refractivity contribution in [3.63, 3.8) is 0 Å². The van der Waals surface area contributed by atoms with Gasteiger partial charge < -0.3 is 10.1 Å². The Balaban J connectivity index is 1.69. The summed E-state index contributed by atoms with van der Waals surface area (Å²) in [7, 11) is 0. The predicted molar refractivity (Wildman–Crippen MR) is 102 cm³/mol. The van der Waals surface area contributed by atoms with Crippen molar-refractivity contribution in [2.45, 2.75) is 32.1 Å². The van der Waals surface area contributed by atoms with Crippen LogP contribution in [0.15, 0.2) is 47.4 Å². The quantitative estimate of drug-likeness (QED) is 0.594. The zero-order valence-corrected chi connectivity index (χ0v) is 15.6. The highest BCUT2D eigenvalue weighted by atomic mass is 32.2. The van der Waals surface area contributed by atoms with Crippen molar-refractivity contribution in [3.8, 4) is 0 Å². The Hall–Kier alpha value is -2.27. The van der Waals surface area contributed by atoms with Crippen LogP contribution in [-0.4, -0.2) is 24.2 Å². The van der Waals surface area contributed by atoms with E-state index in [1.165, 1.54) is 11.1 Å². The third-order valence-electron chi connectivity index (χ3n) is 3.84. The molecule has 0 unspecified atom stereocenters. The van der Waals surface area contributed by atoms with Gasteiger partial charge in [0.1, 0.15) is 0 Å². The van der Waals surface area contributed by atoms with Gasteiger partial charge in [-0.25, -0.2) is 0 Å². The first kappa shape index (κ1) is 19.1. The number of rotatable bonds is 7. The van der Waals surface area contributed by atoms with Crippen LogP contribution < -0.4 is 5.32 Å². The highest BCUT2D eigenvalue weighted by Gasteiger charge is 2.09. The van der Waals surface area contributed by atoms with Gasteiger partial charge in [-0.3, -0.25) is 9.59 Å². The molecule has 2 aromatic carbocycles. The summed E-state index contributed by atoms with van der Waals surface area (Å²) in [6.45, 7) is 5.79. The maximum absolute atomic E-state index is 11.8. The van der Waals surface area contributed by atoms with E-state index < -0.39 is 0 Å². The van der Waals surface area contributed by atoms with E-state index >= 15 is 0 Å². The monoisotopic (exact) mass is 357 g/mol. The number of carbonyl (C=O) groups is 2. The molecule has 0 spiro atoms. The van der Waals surface area contributed by atoms with Crippen LogP contribution >= 0.6 is 11.8 Å². The number of benzene rings is 2. The number of para-hydroxylation sites is 1. The number of nitrogens with one attached hydrogen (secondary N) is 1. The summed E-state index contributed by atoms with van der Waals surface area (Å²) in [5.41, 5.74) is 4.18. The molecule has 5 heteroatoms. The second kappa shape index (κ2) is 9.28. The minimum absolute atomic E-state index is 0.262. The molecule has 0 aliphatic rings. The first-order valence-corrected chi connectivity index (χ1v) is 9.15. The molecule has 2 aromatic rings. The van der Waals surface area contributed by atoms with Crippen molar-refractivity contribution in [1.82, 2.24) is 0 Å². The molecule has 1 N–H and O–H groups in total. The highest BCUT2D eigenvalue weighted by molar-refractivity contribution is 7.99. The van der Waals surface area contributed by atoms with Crippen molar-refractivity contribution in [3.05, 3.63) is 59.2 Å².